The van der Waals surface area contributed by atoms with Crippen molar-refractivity contribution in [2.75, 3.05) is 46.1 Å². The lowest BCUT2D eigenvalue weighted by Gasteiger charge is -2.37. The molecule has 176 valence electrons. The smallest absolute Gasteiger partial charge is 0.251 e. The Bertz CT molecular complexity index is 881. The first-order valence-corrected chi connectivity index (χ1v) is 11.8. The first kappa shape index (κ1) is 23.4. The monoisotopic (exact) mass is 451 g/mol. The second-order valence-corrected chi connectivity index (χ2v) is 8.65. The van der Waals surface area contributed by atoms with Gasteiger partial charge in [-0.15, -0.1) is 0 Å². The highest BCUT2D eigenvalue weighted by molar-refractivity contribution is 5.94. The van der Waals surface area contributed by atoms with Gasteiger partial charge in [0.05, 0.1) is 32.3 Å². The van der Waals surface area contributed by atoms with Crippen LogP contribution in [0.15, 0.2) is 60.7 Å². The molecule has 2 heterocycles. The van der Waals surface area contributed by atoms with Gasteiger partial charge < -0.3 is 20.1 Å². The molecule has 7 heteroatoms. The molecular formula is C26H33N3O4. The van der Waals surface area contributed by atoms with Gasteiger partial charge in [0.1, 0.15) is 0 Å². The van der Waals surface area contributed by atoms with Crippen molar-refractivity contribution in [2.24, 2.45) is 5.92 Å². The molecule has 2 aliphatic heterocycles. The van der Waals surface area contributed by atoms with E-state index < -0.39 is 6.04 Å². The number of benzene rings is 2. The van der Waals surface area contributed by atoms with Crippen LogP contribution in [0.5, 0.6) is 0 Å². The summed E-state index contributed by atoms with van der Waals surface area (Å²) in [7, 11) is 0. The first-order chi connectivity index (χ1) is 16.2. The van der Waals surface area contributed by atoms with Crippen LogP contribution in [-0.2, 0) is 14.3 Å². The molecule has 2 aromatic carbocycles. The maximum Gasteiger partial charge on any atom is 0.251 e. The zero-order chi connectivity index (χ0) is 22.9. The number of morpholine rings is 1. The number of nitrogens with zero attached hydrogens (tertiary/aromatic N) is 1. The Labute approximate surface area is 195 Å². The summed E-state index contributed by atoms with van der Waals surface area (Å²) in [6, 6.07) is 18.6. The summed E-state index contributed by atoms with van der Waals surface area (Å²) >= 11 is 0. The Morgan fingerprint density at radius 3 is 2.30 bits per heavy atom. The van der Waals surface area contributed by atoms with Crippen molar-refractivity contribution in [1.82, 2.24) is 15.5 Å². The van der Waals surface area contributed by atoms with E-state index in [-0.39, 0.29) is 24.3 Å². The Morgan fingerprint density at radius 2 is 1.64 bits per heavy atom. The quantitative estimate of drug-likeness (QED) is 0.612. The van der Waals surface area contributed by atoms with Crippen molar-refractivity contribution >= 4 is 11.8 Å². The van der Waals surface area contributed by atoms with Gasteiger partial charge in [0.15, 0.2) is 0 Å². The summed E-state index contributed by atoms with van der Waals surface area (Å²) in [6.07, 6.45) is 1.19. The topological polar surface area (TPSA) is 79.9 Å². The van der Waals surface area contributed by atoms with Crippen LogP contribution in [0.2, 0.25) is 0 Å². The highest BCUT2D eigenvalue weighted by Gasteiger charge is 2.32. The van der Waals surface area contributed by atoms with Gasteiger partial charge in [0, 0.05) is 43.8 Å². The third kappa shape index (κ3) is 6.63. The van der Waals surface area contributed by atoms with Crippen molar-refractivity contribution in [3.8, 4) is 0 Å². The summed E-state index contributed by atoms with van der Waals surface area (Å²) in [5, 5.41) is 6.18. The number of carbonyl (C=O) groups excluding carboxylic acids is 2. The second kappa shape index (κ2) is 11.9. The molecule has 33 heavy (non-hydrogen) atoms. The first-order valence-electron chi connectivity index (χ1n) is 11.8. The van der Waals surface area contributed by atoms with E-state index in [0.717, 1.165) is 51.5 Å². The standard InChI is InChI=1S/C26H33N3O4/c30-25(27-18-24(22-11-14-33-19-22)29-12-15-32-16-13-29)17-23(20-7-3-1-4-8-20)28-26(31)21-9-5-2-6-10-21/h1-10,22-24H,11-19H2,(H,27,30)(H,28,31)/t22-,23-,24+/m0/s1. The van der Waals surface area contributed by atoms with Crippen LogP contribution >= 0.6 is 0 Å². The van der Waals surface area contributed by atoms with Gasteiger partial charge in [-0.1, -0.05) is 48.5 Å². The lowest BCUT2D eigenvalue weighted by molar-refractivity contribution is -0.122. The molecule has 2 fully saturated rings. The Balaban J connectivity index is 1.39. The van der Waals surface area contributed by atoms with Crippen LogP contribution in [0.1, 0.15) is 34.8 Å². The highest BCUT2D eigenvalue weighted by atomic mass is 16.5. The molecule has 4 rings (SSSR count). The molecule has 0 unspecified atom stereocenters. The average molecular weight is 452 g/mol. The number of rotatable bonds is 9. The van der Waals surface area contributed by atoms with Gasteiger partial charge >= 0.3 is 0 Å². The molecule has 7 nitrogen and oxygen atoms in total. The number of ether oxygens (including phenoxy) is 2. The van der Waals surface area contributed by atoms with Crippen molar-refractivity contribution in [1.29, 1.82) is 0 Å². The summed E-state index contributed by atoms with van der Waals surface area (Å²) < 4.78 is 11.1. The minimum Gasteiger partial charge on any atom is -0.381 e. The Hall–Kier alpha value is -2.74. The molecule has 0 radical (unpaired) electrons. The van der Waals surface area contributed by atoms with E-state index >= 15 is 0 Å². The van der Waals surface area contributed by atoms with Crippen molar-refractivity contribution in [2.45, 2.75) is 24.9 Å². The van der Waals surface area contributed by atoms with Crippen LogP contribution in [0.25, 0.3) is 0 Å². The number of hydrogen-bond donors (Lipinski definition) is 2. The molecule has 2 amide bonds. The van der Waals surface area contributed by atoms with Gasteiger partial charge in [-0.05, 0) is 24.1 Å². The molecule has 2 aromatic rings. The zero-order valence-corrected chi connectivity index (χ0v) is 18.9. The largest absolute Gasteiger partial charge is 0.381 e. The Kier molecular flexibility index (Phi) is 8.47. The number of hydrogen-bond acceptors (Lipinski definition) is 5. The van der Waals surface area contributed by atoms with Gasteiger partial charge in [0.2, 0.25) is 5.91 Å². The van der Waals surface area contributed by atoms with Crippen LogP contribution < -0.4 is 10.6 Å². The minimum absolute atomic E-state index is 0.0746. The number of amides is 2. The van der Waals surface area contributed by atoms with Gasteiger partial charge in [-0.2, -0.15) is 0 Å². The maximum absolute atomic E-state index is 13.0. The molecule has 0 bridgehead atoms. The summed E-state index contributed by atoms with van der Waals surface area (Å²) in [5.41, 5.74) is 1.48. The fraction of sp³-hybridized carbons (Fsp3) is 0.462. The third-order valence-electron chi connectivity index (χ3n) is 6.46. The molecule has 0 saturated carbocycles. The average Bonchev–Trinajstić information content (AvgIpc) is 3.40. The predicted molar refractivity (Wildman–Crippen MR) is 126 cm³/mol. The SMILES string of the molecule is O=C(C[C@H](NC(=O)c1ccccc1)c1ccccc1)NC[C@H]([C@H]1CCOC1)N1CCOCC1. The van der Waals surface area contributed by atoms with E-state index in [4.69, 9.17) is 9.47 Å². The zero-order valence-electron chi connectivity index (χ0n) is 18.9. The maximum atomic E-state index is 13.0. The number of nitrogens with one attached hydrogen (secondary N) is 2. The van der Waals surface area contributed by atoms with E-state index in [0.29, 0.717) is 18.0 Å². The molecule has 2 saturated heterocycles. The summed E-state index contributed by atoms with van der Waals surface area (Å²) in [6.45, 7) is 5.27. The third-order valence-corrected chi connectivity index (χ3v) is 6.46. The van der Waals surface area contributed by atoms with Crippen molar-refractivity contribution in [3.63, 3.8) is 0 Å². The van der Waals surface area contributed by atoms with E-state index in [1.54, 1.807) is 12.1 Å². The highest BCUT2D eigenvalue weighted by Crippen LogP contribution is 2.22. The molecule has 0 spiro atoms. The van der Waals surface area contributed by atoms with Gasteiger partial charge in [-0.3, -0.25) is 14.5 Å². The lowest BCUT2D eigenvalue weighted by Crippen LogP contribution is -2.52. The van der Waals surface area contributed by atoms with Gasteiger partial charge in [0.25, 0.3) is 5.91 Å². The van der Waals surface area contributed by atoms with Crippen LogP contribution in [0.3, 0.4) is 0 Å². The van der Waals surface area contributed by atoms with Crippen molar-refractivity contribution < 1.29 is 19.1 Å². The minimum atomic E-state index is -0.407. The van der Waals surface area contributed by atoms with E-state index in [9.17, 15) is 9.59 Å². The Morgan fingerprint density at radius 1 is 0.939 bits per heavy atom. The summed E-state index contributed by atoms with van der Waals surface area (Å²) in [4.78, 5) is 28.2. The lowest BCUT2D eigenvalue weighted by atomic mass is 9.96. The molecule has 3 atom stereocenters. The molecule has 2 N–H and O–H groups in total. The molecule has 0 aromatic heterocycles. The molecule has 2 aliphatic rings. The van der Waals surface area contributed by atoms with Crippen LogP contribution in [0.4, 0.5) is 0 Å². The number of carbonyl (C=O) groups is 2. The fourth-order valence-corrected chi connectivity index (χ4v) is 4.60. The molecule has 0 aliphatic carbocycles. The van der Waals surface area contributed by atoms with Crippen LogP contribution in [-0.4, -0.2) is 68.8 Å². The van der Waals surface area contributed by atoms with E-state index in [2.05, 4.69) is 15.5 Å². The van der Waals surface area contributed by atoms with Gasteiger partial charge in [-0.25, -0.2) is 0 Å². The second-order valence-electron chi connectivity index (χ2n) is 8.65. The molecular weight excluding hydrogens is 418 g/mol. The van der Waals surface area contributed by atoms with E-state index in [1.807, 2.05) is 48.5 Å². The summed E-state index contributed by atoms with van der Waals surface area (Å²) in [5.74, 6) is 0.145. The van der Waals surface area contributed by atoms with Crippen molar-refractivity contribution in [3.05, 3.63) is 71.8 Å². The fourth-order valence-electron chi connectivity index (χ4n) is 4.60. The van der Waals surface area contributed by atoms with E-state index in [1.165, 1.54) is 0 Å². The van der Waals surface area contributed by atoms with Crippen LogP contribution in [0, 0.1) is 5.92 Å². The normalized spacial score (nSPS) is 20.7. The predicted octanol–water partition coefficient (Wildman–Crippen LogP) is 2.40.